The van der Waals surface area contributed by atoms with Crippen LogP contribution in [0, 0.1) is 0 Å². The Balaban J connectivity index is 2.38. The molecule has 11 atom stereocenters. The smallest absolute Gasteiger partial charge is 0.335 e. The molecule has 2 saturated heterocycles. The van der Waals surface area contributed by atoms with E-state index in [4.69, 9.17) is 18.9 Å². The molecular weight excluding hydrogens is 464 g/mol. The van der Waals surface area contributed by atoms with Gasteiger partial charge in [0.25, 0.3) is 0 Å². The maximum Gasteiger partial charge on any atom is 0.335 e. The average molecular weight is 496 g/mol. The zero-order chi connectivity index (χ0) is 25.7. The van der Waals surface area contributed by atoms with Gasteiger partial charge in [-0.2, -0.15) is 0 Å². The van der Waals surface area contributed by atoms with Crippen molar-refractivity contribution in [3.63, 3.8) is 0 Å². The second-order valence-electron chi connectivity index (χ2n) is 8.09. The van der Waals surface area contributed by atoms with Crippen molar-refractivity contribution in [1.82, 2.24) is 10.6 Å². The summed E-state index contributed by atoms with van der Waals surface area (Å²) in [4.78, 5) is 35.3. The van der Waals surface area contributed by atoms with Gasteiger partial charge in [-0.3, -0.25) is 9.59 Å². The average Bonchev–Trinajstić information content (AvgIpc) is 2.75. The van der Waals surface area contributed by atoms with Gasteiger partial charge < -0.3 is 60.2 Å². The van der Waals surface area contributed by atoms with Crippen molar-refractivity contribution in [2.45, 2.75) is 88.2 Å². The highest BCUT2D eigenvalue weighted by Crippen LogP contribution is 2.30. The van der Waals surface area contributed by atoms with Crippen LogP contribution < -0.4 is 10.6 Å². The summed E-state index contributed by atoms with van der Waals surface area (Å²) in [6.07, 6.45) is -13.9. The highest BCUT2D eigenvalue weighted by molar-refractivity contribution is 5.75. The van der Waals surface area contributed by atoms with Crippen LogP contribution in [0.2, 0.25) is 0 Å². The number of nitrogens with one attached hydrogen (secondary N) is 2. The van der Waals surface area contributed by atoms with Crippen molar-refractivity contribution in [2.75, 3.05) is 13.2 Å². The number of aliphatic hydroxyl groups excluding tert-OH is 6. The van der Waals surface area contributed by atoms with Crippen molar-refractivity contribution in [2.24, 2.45) is 0 Å². The minimum Gasteiger partial charge on any atom is -0.455 e. The monoisotopic (exact) mass is 496 g/mol. The van der Waals surface area contributed by atoms with Crippen molar-refractivity contribution >= 4 is 17.8 Å². The van der Waals surface area contributed by atoms with E-state index < -0.39 is 98.4 Å². The fourth-order valence-electron chi connectivity index (χ4n) is 3.74. The van der Waals surface area contributed by atoms with E-state index in [1.807, 2.05) is 0 Å². The lowest BCUT2D eigenvalue weighted by atomic mass is 9.94. The molecule has 0 aliphatic carbocycles. The first-order valence-corrected chi connectivity index (χ1v) is 10.6. The quantitative estimate of drug-likeness (QED) is 0.147. The predicted octanol–water partition coefficient (Wildman–Crippen LogP) is -5.18. The molecule has 2 fully saturated rings. The molecule has 0 aromatic carbocycles. The van der Waals surface area contributed by atoms with E-state index in [-0.39, 0.29) is 0 Å². The van der Waals surface area contributed by atoms with Gasteiger partial charge in [0.05, 0.1) is 13.2 Å². The summed E-state index contributed by atoms with van der Waals surface area (Å²) in [5, 5.41) is 64.9. The molecular formula is C19H32N2O13. The first-order valence-electron chi connectivity index (χ1n) is 10.6. The van der Waals surface area contributed by atoms with E-state index in [9.17, 15) is 45.0 Å². The summed E-state index contributed by atoms with van der Waals surface area (Å²) < 4.78 is 21.7. The van der Waals surface area contributed by atoms with Gasteiger partial charge in [-0.05, 0) is 6.92 Å². The second kappa shape index (κ2) is 12.1. The maximum atomic E-state index is 12.0. The van der Waals surface area contributed by atoms with Crippen molar-refractivity contribution in [1.29, 1.82) is 0 Å². The molecule has 0 saturated carbocycles. The van der Waals surface area contributed by atoms with Gasteiger partial charge in [-0.25, -0.2) is 4.79 Å². The fraction of sp³-hybridized carbons (Fsp3) is 0.842. The van der Waals surface area contributed by atoms with E-state index in [1.165, 1.54) is 0 Å². The Morgan fingerprint density at radius 2 is 1.44 bits per heavy atom. The topological polar surface area (TPSA) is 234 Å². The molecule has 2 heterocycles. The summed E-state index contributed by atoms with van der Waals surface area (Å²) in [5.74, 6) is -2.40. The summed E-state index contributed by atoms with van der Waals surface area (Å²) in [7, 11) is 0. The van der Waals surface area contributed by atoms with Gasteiger partial charge >= 0.3 is 5.97 Å². The van der Waals surface area contributed by atoms with Crippen LogP contribution in [-0.4, -0.2) is 129 Å². The van der Waals surface area contributed by atoms with Crippen molar-refractivity contribution in [3.05, 3.63) is 0 Å². The number of hydrogen-bond acceptors (Lipinski definition) is 13. The highest BCUT2D eigenvalue weighted by Gasteiger charge is 2.52. The van der Waals surface area contributed by atoms with Gasteiger partial charge in [-0.1, -0.05) is 0 Å². The number of carbonyl (C=O) groups excluding carboxylic acids is 3. The second-order valence-corrected chi connectivity index (χ2v) is 8.09. The standard InChI is InChI=1S/C19H32N2O13/c1-6(24)17(29)33-16-12(21-8(3)26)19(32-9(4-22)13(16)27)34-15-10(5-23)31-18(30)11(14(15)28)20-7(2)25/h6,9-16,18-19,22-24,27-28,30H,4-5H2,1-3H3,(H,20,25)(H,21,26)/t6-,9-,10-,11-,12-,13-,14-,15-,16-,18-,19+/m1/s1. The molecule has 0 unspecified atom stereocenters. The van der Waals surface area contributed by atoms with Gasteiger partial charge in [0.1, 0.15) is 48.7 Å². The zero-order valence-electron chi connectivity index (χ0n) is 18.8. The lowest BCUT2D eigenvalue weighted by molar-refractivity contribution is -0.328. The summed E-state index contributed by atoms with van der Waals surface area (Å²) >= 11 is 0. The first kappa shape index (κ1) is 28.3. The van der Waals surface area contributed by atoms with Gasteiger partial charge in [-0.15, -0.1) is 0 Å². The summed E-state index contributed by atoms with van der Waals surface area (Å²) in [6, 6.07) is -2.77. The van der Waals surface area contributed by atoms with Crippen molar-refractivity contribution < 1.29 is 64.0 Å². The summed E-state index contributed by atoms with van der Waals surface area (Å²) in [6.45, 7) is 1.87. The van der Waals surface area contributed by atoms with Crippen LogP contribution in [0.4, 0.5) is 0 Å². The molecule has 0 aromatic rings. The number of rotatable bonds is 8. The molecule has 0 radical (unpaired) electrons. The largest absolute Gasteiger partial charge is 0.455 e. The van der Waals surface area contributed by atoms with E-state index in [0.717, 1.165) is 20.8 Å². The molecule has 15 nitrogen and oxygen atoms in total. The molecule has 2 aliphatic heterocycles. The zero-order valence-corrected chi connectivity index (χ0v) is 18.8. The third-order valence-corrected chi connectivity index (χ3v) is 5.35. The van der Waals surface area contributed by atoms with E-state index in [0.29, 0.717) is 0 Å². The lowest BCUT2D eigenvalue weighted by Gasteiger charge is -2.48. The minimum atomic E-state index is -1.69. The molecule has 8 N–H and O–H groups in total. The Morgan fingerprint density at radius 1 is 0.882 bits per heavy atom. The number of carbonyl (C=O) groups is 3. The molecule has 34 heavy (non-hydrogen) atoms. The SMILES string of the molecule is CC(=O)N[C@@H]1[C@@H](O)[C@H](O[C@@H]2O[C@H](CO)[C@@H](O)[C@H](OC(=O)[C@@H](C)O)[C@H]2NC(C)=O)[C@@H](CO)O[C@H]1O. The van der Waals surface area contributed by atoms with Crippen molar-refractivity contribution in [3.8, 4) is 0 Å². The normalized spacial score (nSPS) is 39.1. The molecule has 196 valence electrons. The minimum absolute atomic E-state index is 0.605. The Kier molecular flexibility index (Phi) is 10.1. The van der Waals surface area contributed by atoms with Gasteiger partial charge in [0.15, 0.2) is 18.7 Å². The van der Waals surface area contributed by atoms with E-state index >= 15 is 0 Å². The van der Waals surface area contributed by atoms with Gasteiger partial charge in [0.2, 0.25) is 11.8 Å². The number of esters is 1. The molecule has 0 bridgehead atoms. The number of amides is 2. The van der Waals surface area contributed by atoms with Gasteiger partial charge in [0, 0.05) is 13.8 Å². The third-order valence-electron chi connectivity index (χ3n) is 5.35. The maximum absolute atomic E-state index is 12.0. The molecule has 0 aromatic heterocycles. The number of ether oxygens (including phenoxy) is 4. The van der Waals surface area contributed by atoms with Crippen LogP contribution >= 0.6 is 0 Å². The number of hydrogen-bond donors (Lipinski definition) is 8. The fourth-order valence-corrected chi connectivity index (χ4v) is 3.74. The van der Waals surface area contributed by atoms with Crippen LogP contribution in [0.15, 0.2) is 0 Å². The first-order chi connectivity index (χ1) is 15.9. The Morgan fingerprint density at radius 3 is 1.94 bits per heavy atom. The molecule has 2 rings (SSSR count). The van der Waals surface area contributed by atoms with Crippen LogP contribution in [0.5, 0.6) is 0 Å². The highest BCUT2D eigenvalue weighted by atomic mass is 16.7. The molecule has 15 heteroatoms. The lowest BCUT2D eigenvalue weighted by Crippen LogP contribution is -2.69. The molecule has 0 spiro atoms. The van der Waals surface area contributed by atoms with Crippen LogP contribution in [-0.2, 0) is 33.3 Å². The Hall–Kier alpha value is -1.95. The summed E-state index contributed by atoms with van der Waals surface area (Å²) in [5.41, 5.74) is 0. The predicted molar refractivity (Wildman–Crippen MR) is 107 cm³/mol. The molecule has 2 amide bonds. The Labute approximate surface area is 194 Å². The number of aliphatic hydroxyl groups is 6. The van der Waals surface area contributed by atoms with E-state index in [1.54, 1.807) is 0 Å². The van der Waals surface area contributed by atoms with Crippen LogP contribution in [0.1, 0.15) is 20.8 Å². The Bertz CT molecular complexity index is 722. The molecule has 2 aliphatic rings. The van der Waals surface area contributed by atoms with E-state index in [2.05, 4.69) is 10.6 Å². The van der Waals surface area contributed by atoms with Crippen LogP contribution in [0.25, 0.3) is 0 Å². The third kappa shape index (κ3) is 6.59. The van der Waals surface area contributed by atoms with Crippen LogP contribution in [0.3, 0.4) is 0 Å².